The Morgan fingerprint density at radius 2 is 2.00 bits per heavy atom. The molecule has 0 spiro atoms. The van der Waals surface area contributed by atoms with Gasteiger partial charge in [-0.25, -0.2) is 0 Å². The minimum Gasteiger partial charge on any atom is -0.497 e. The van der Waals surface area contributed by atoms with Crippen molar-refractivity contribution in [3.05, 3.63) is 54.2 Å². The molecule has 8 nitrogen and oxygen atoms in total. The molecule has 0 unspecified atom stereocenters. The zero-order chi connectivity index (χ0) is 17.5. The third-order valence-corrected chi connectivity index (χ3v) is 3.31. The number of rotatable bonds is 7. The first-order valence-electron chi connectivity index (χ1n) is 7.59. The van der Waals surface area contributed by atoms with Crippen molar-refractivity contribution in [3.63, 3.8) is 0 Å². The Morgan fingerprint density at radius 1 is 1.16 bits per heavy atom. The molecule has 0 radical (unpaired) electrons. The van der Waals surface area contributed by atoms with Crippen LogP contribution in [0.4, 0.5) is 5.95 Å². The van der Waals surface area contributed by atoms with E-state index in [0.717, 1.165) is 11.3 Å². The molecule has 1 aromatic carbocycles. The van der Waals surface area contributed by atoms with E-state index in [9.17, 15) is 4.79 Å². The number of ether oxygens (including phenoxy) is 2. The zero-order valence-electron chi connectivity index (χ0n) is 13.6. The molecule has 25 heavy (non-hydrogen) atoms. The lowest BCUT2D eigenvalue weighted by Gasteiger charge is -2.05. The standard InChI is InChI=1S/C17H17N5O3/c1-24-13-7-5-12(6-8-13)10-25-11-15(23)19-17-20-16(21-22-17)14-4-2-3-9-18-14/h2-9H,10-11H2,1H3,(H2,19,20,21,22,23). The lowest BCUT2D eigenvalue weighted by Crippen LogP contribution is -2.19. The van der Waals surface area contributed by atoms with E-state index < -0.39 is 0 Å². The summed E-state index contributed by atoms with van der Waals surface area (Å²) in [6, 6.07) is 12.9. The van der Waals surface area contributed by atoms with Crippen molar-refractivity contribution < 1.29 is 14.3 Å². The highest BCUT2D eigenvalue weighted by atomic mass is 16.5. The van der Waals surface area contributed by atoms with Gasteiger partial charge in [0.2, 0.25) is 5.95 Å². The predicted molar refractivity (Wildman–Crippen MR) is 90.9 cm³/mol. The van der Waals surface area contributed by atoms with Crippen LogP contribution >= 0.6 is 0 Å². The maximum Gasteiger partial charge on any atom is 0.252 e. The van der Waals surface area contributed by atoms with E-state index >= 15 is 0 Å². The quantitative estimate of drug-likeness (QED) is 0.683. The van der Waals surface area contributed by atoms with E-state index in [4.69, 9.17) is 9.47 Å². The lowest BCUT2D eigenvalue weighted by atomic mass is 10.2. The summed E-state index contributed by atoms with van der Waals surface area (Å²) >= 11 is 0. The second-order valence-electron chi connectivity index (χ2n) is 5.13. The van der Waals surface area contributed by atoms with Gasteiger partial charge in [-0.15, -0.1) is 10.2 Å². The molecule has 0 atom stereocenters. The van der Waals surface area contributed by atoms with Gasteiger partial charge in [0, 0.05) is 6.20 Å². The molecule has 3 aromatic rings. The molecule has 0 saturated heterocycles. The largest absolute Gasteiger partial charge is 0.497 e. The number of anilines is 1. The van der Waals surface area contributed by atoms with E-state index in [2.05, 4.69) is 25.5 Å². The van der Waals surface area contributed by atoms with Crippen molar-refractivity contribution in [2.45, 2.75) is 6.61 Å². The monoisotopic (exact) mass is 339 g/mol. The predicted octanol–water partition coefficient (Wildman–Crippen LogP) is 2.03. The van der Waals surface area contributed by atoms with Crippen molar-refractivity contribution in [2.24, 2.45) is 0 Å². The van der Waals surface area contributed by atoms with Crippen LogP contribution in [0.5, 0.6) is 5.75 Å². The fourth-order valence-electron chi connectivity index (χ4n) is 2.09. The molecule has 0 aliphatic carbocycles. The van der Waals surface area contributed by atoms with E-state index in [1.807, 2.05) is 36.4 Å². The smallest absolute Gasteiger partial charge is 0.252 e. The maximum absolute atomic E-state index is 11.9. The van der Waals surface area contributed by atoms with Crippen LogP contribution in [0, 0.1) is 0 Å². The van der Waals surface area contributed by atoms with Gasteiger partial charge in [0.25, 0.3) is 5.91 Å². The average Bonchev–Trinajstić information content (AvgIpc) is 3.11. The Morgan fingerprint density at radius 3 is 2.72 bits per heavy atom. The number of nitrogens with one attached hydrogen (secondary N) is 2. The van der Waals surface area contributed by atoms with Crippen molar-refractivity contribution in [1.82, 2.24) is 20.2 Å². The molecule has 2 aromatic heterocycles. The number of carbonyl (C=O) groups excluding carboxylic acids is 1. The van der Waals surface area contributed by atoms with Crippen molar-refractivity contribution in [3.8, 4) is 17.3 Å². The number of methoxy groups -OCH3 is 1. The molecule has 8 heteroatoms. The Hall–Kier alpha value is -3.26. The highest BCUT2D eigenvalue weighted by Crippen LogP contribution is 2.13. The Kier molecular flexibility index (Phi) is 5.32. The molecule has 0 aliphatic rings. The van der Waals surface area contributed by atoms with E-state index in [0.29, 0.717) is 18.1 Å². The maximum atomic E-state index is 11.9. The highest BCUT2D eigenvalue weighted by molar-refractivity contribution is 5.90. The summed E-state index contributed by atoms with van der Waals surface area (Å²) in [5.74, 6) is 1.18. The van der Waals surface area contributed by atoms with Crippen LogP contribution in [0.25, 0.3) is 11.5 Å². The molecule has 128 valence electrons. The minimum atomic E-state index is -0.322. The molecular weight excluding hydrogens is 322 g/mol. The van der Waals surface area contributed by atoms with Crippen LogP contribution in [-0.2, 0) is 16.1 Å². The van der Waals surface area contributed by atoms with Crippen LogP contribution in [-0.4, -0.2) is 39.8 Å². The number of carbonyl (C=O) groups is 1. The first kappa shape index (κ1) is 16.6. The number of pyridine rings is 1. The van der Waals surface area contributed by atoms with Gasteiger partial charge in [-0.3, -0.25) is 15.1 Å². The third-order valence-electron chi connectivity index (χ3n) is 3.31. The summed E-state index contributed by atoms with van der Waals surface area (Å²) in [7, 11) is 1.61. The number of nitrogens with zero attached hydrogens (tertiary/aromatic N) is 3. The molecular formula is C17H17N5O3. The van der Waals surface area contributed by atoms with Gasteiger partial charge in [0.15, 0.2) is 5.82 Å². The van der Waals surface area contributed by atoms with E-state index in [-0.39, 0.29) is 18.5 Å². The summed E-state index contributed by atoms with van der Waals surface area (Å²) in [6.07, 6.45) is 1.66. The molecule has 0 saturated carbocycles. The van der Waals surface area contributed by atoms with Crippen LogP contribution in [0.1, 0.15) is 5.56 Å². The molecule has 1 amide bonds. The molecule has 0 bridgehead atoms. The number of aromatic amines is 1. The second kappa shape index (κ2) is 8.02. The summed E-state index contributed by atoms with van der Waals surface area (Å²) < 4.78 is 10.5. The van der Waals surface area contributed by atoms with Gasteiger partial charge in [-0.1, -0.05) is 18.2 Å². The third kappa shape index (κ3) is 4.61. The fraction of sp³-hybridized carbons (Fsp3) is 0.176. The number of hydrogen-bond acceptors (Lipinski definition) is 6. The molecule has 3 rings (SSSR count). The summed E-state index contributed by atoms with van der Waals surface area (Å²) in [5, 5.41) is 10.4. The van der Waals surface area contributed by atoms with Crippen molar-refractivity contribution in [2.75, 3.05) is 19.0 Å². The number of benzene rings is 1. The fourth-order valence-corrected chi connectivity index (χ4v) is 2.09. The van der Waals surface area contributed by atoms with Crippen LogP contribution < -0.4 is 10.1 Å². The van der Waals surface area contributed by atoms with Crippen LogP contribution in [0.2, 0.25) is 0 Å². The van der Waals surface area contributed by atoms with Gasteiger partial charge in [0.1, 0.15) is 18.1 Å². The average molecular weight is 339 g/mol. The first-order chi connectivity index (χ1) is 12.2. The van der Waals surface area contributed by atoms with E-state index in [1.54, 1.807) is 19.4 Å². The SMILES string of the molecule is COc1ccc(COCC(=O)Nc2nnc(-c3ccccn3)[nH]2)cc1. The van der Waals surface area contributed by atoms with Crippen molar-refractivity contribution >= 4 is 11.9 Å². The second-order valence-corrected chi connectivity index (χ2v) is 5.13. The highest BCUT2D eigenvalue weighted by Gasteiger charge is 2.09. The number of H-pyrrole nitrogens is 1. The van der Waals surface area contributed by atoms with Crippen molar-refractivity contribution in [1.29, 1.82) is 0 Å². The molecule has 2 N–H and O–H groups in total. The Labute approximate surface area is 144 Å². The van der Waals surface area contributed by atoms with Gasteiger partial charge in [-0.05, 0) is 29.8 Å². The summed E-state index contributed by atoms with van der Waals surface area (Å²) in [4.78, 5) is 18.9. The van der Waals surface area contributed by atoms with Gasteiger partial charge >= 0.3 is 0 Å². The topological polar surface area (TPSA) is 102 Å². The molecule has 2 heterocycles. The van der Waals surface area contributed by atoms with Crippen LogP contribution in [0.3, 0.4) is 0 Å². The van der Waals surface area contributed by atoms with Gasteiger partial charge in [0.05, 0.1) is 13.7 Å². The van der Waals surface area contributed by atoms with E-state index in [1.165, 1.54) is 0 Å². The minimum absolute atomic E-state index is 0.0916. The van der Waals surface area contributed by atoms with Gasteiger partial charge in [-0.2, -0.15) is 0 Å². The summed E-state index contributed by atoms with van der Waals surface area (Å²) in [5.41, 5.74) is 1.59. The Balaban J connectivity index is 1.47. The first-order valence-corrected chi connectivity index (χ1v) is 7.59. The number of aromatic nitrogens is 4. The van der Waals surface area contributed by atoms with Gasteiger partial charge < -0.3 is 14.5 Å². The molecule has 0 aliphatic heterocycles. The summed E-state index contributed by atoms with van der Waals surface area (Å²) in [6.45, 7) is 0.235. The molecule has 0 fully saturated rings. The number of amides is 1. The zero-order valence-corrected chi connectivity index (χ0v) is 13.6. The Bertz CT molecular complexity index is 818. The number of hydrogen-bond donors (Lipinski definition) is 2. The lowest BCUT2D eigenvalue weighted by molar-refractivity contribution is -0.121. The van der Waals surface area contributed by atoms with Crippen LogP contribution in [0.15, 0.2) is 48.7 Å². The normalized spacial score (nSPS) is 10.4.